The summed E-state index contributed by atoms with van der Waals surface area (Å²) >= 11 is 12.3. The van der Waals surface area contributed by atoms with Crippen LogP contribution in [-0.2, 0) is 16.1 Å². The third-order valence-electron chi connectivity index (χ3n) is 3.68. The first-order valence-electron chi connectivity index (χ1n) is 7.84. The highest BCUT2D eigenvalue weighted by Gasteiger charge is 2.33. The van der Waals surface area contributed by atoms with Crippen LogP contribution < -0.4 is 5.32 Å². The number of thioether (sulfide) groups is 1. The molecule has 0 bridgehead atoms. The molecule has 0 unspecified atom stereocenters. The van der Waals surface area contributed by atoms with E-state index in [0.29, 0.717) is 20.8 Å². The predicted octanol–water partition coefficient (Wildman–Crippen LogP) is 3.86. The summed E-state index contributed by atoms with van der Waals surface area (Å²) in [5.41, 5.74) is 1.84. The standard InChI is InChI=1S/C19H15ClN2O2S2/c20-15-8-6-13(7-9-15)10-16-18(24)22(19(25)26-16)12-17(23)21-11-14-4-2-1-3-5-14/h1-10H,11-12H2,(H,21,23)/b16-10-. The maximum absolute atomic E-state index is 12.5. The van der Waals surface area contributed by atoms with E-state index in [1.54, 1.807) is 18.2 Å². The fourth-order valence-electron chi connectivity index (χ4n) is 2.34. The SMILES string of the molecule is O=C(CN1C(=O)/C(=C/c2ccc(Cl)cc2)SC1=S)NCc1ccccc1. The molecule has 1 N–H and O–H groups in total. The normalized spacial score (nSPS) is 15.6. The number of benzene rings is 2. The number of carbonyl (C=O) groups is 2. The maximum Gasteiger partial charge on any atom is 0.266 e. The van der Waals surface area contributed by atoms with Crippen LogP contribution in [0.1, 0.15) is 11.1 Å². The number of halogens is 1. The highest BCUT2D eigenvalue weighted by atomic mass is 35.5. The molecule has 0 atom stereocenters. The number of nitrogens with one attached hydrogen (secondary N) is 1. The van der Waals surface area contributed by atoms with Gasteiger partial charge < -0.3 is 5.32 Å². The lowest BCUT2D eigenvalue weighted by atomic mass is 10.2. The van der Waals surface area contributed by atoms with E-state index in [2.05, 4.69) is 5.32 Å². The van der Waals surface area contributed by atoms with Crippen LogP contribution in [0, 0.1) is 0 Å². The van der Waals surface area contributed by atoms with E-state index in [4.69, 9.17) is 23.8 Å². The summed E-state index contributed by atoms with van der Waals surface area (Å²) in [4.78, 5) is 26.5. The fraction of sp³-hybridized carbons (Fsp3) is 0.105. The van der Waals surface area contributed by atoms with E-state index in [0.717, 1.165) is 11.1 Å². The van der Waals surface area contributed by atoms with Crippen LogP contribution in [0.3, 0.4) is 0 Å². The summed E-state index contributed by atoms with van der Waals surface area (Å²) in [7, 11) is 0. The Morgan fingerprint density at radius 3 is 2.54 bits per heavy atom. The molecule has 1 fully saturated rings. The Hall–Kier alpha value is -2.15. The van der Waals surface area contributed by atoms with Crippen molar-refractivity contribution in [2.24, 2.45) is 0 Å². The molecule has 4 nitrogen and oxygen atoms in total. The van der Waals surface area contributed by atoms with Crippen LogP contribution in [0.2, 0.25) is 5.02 Å². The first-order valence-corrected chi connectivity index (χ1v) is 9.45. The van der Waals surface area contributed by atoms with Gasteiger partial charge in [0.2, 0.25) is 5.91 Å². The molecular formula is C19H15ClN2O2S2. The lowest BCUT2D eigenvalue weighted by Gasteiger charge is -2.14. The molecule has 7 heteroatoms. The Morgan fingerprint density at radius 1 is 1.15 bits per heavy atom. The highest BCUT2D eigenvalue weighted by Crippen LogP contribution is 2.32. The molecule has 26 heavy (non-hydrogen) atoms. The number of hydrogen-bond acceptors (Lipinski definition) is 4. The Kier molecular flexibility index (Phi) is 6.08. The highest BCUT2D eigenvalue weighted by molar-refractivity contribution is 8.26. The lowest BCUT2D eigenvalue weighted by Crippen LogP contribution is -2.39. The summed E-state index contributed by atoms with van der Waals surface area (Å²) in [6.07, 6.45) is 1.75. The second kappa shape index (κ2) is 8.49. The van der Waals surface area contributed by atoms with Crippen molar-refractivity contribution in [3.05, 3.63) is 75.7 Å². The molecule has 0 aliphatic carbocycles. The molecule has 0 aromatic heterocycles. The number of hydrogen-bond donors (Lipinski definition) is 1. The van der Waals surface area contributed by atoms with Gasteiger partial charge in [-0.3, -0.25) is 14.5 Å². The van der Waals surface area contributed by atoms with Gasteiger partial charge in [-0.05, 0) is 29.3 Å². The Balaban J connectivity index is 1.61. The smallest absolute Gasteiger partial charge is 0.266 e. The van der Waals surface area contributed by atoms with Gasteiger partial charge in [-0.15, -0.1) is 0 Å². The molecule has 3 rings (SSSR count). The van der Waals surface area contributed by atoms with Crippen molar-refractivity contribution in [3.63, 3.8) is 0 Å². The molecule has 1 heterocycles. The summed E-state index contributed by atoms with van der Waals surface area (Å²) in [5, 5.41) is 3.43. The van der Waals surface area contributed by atoms with Gasteiger partial charge in [0.1, 0.15) is 10.9 Å². The topological polar surface area (TPSA) is 49.4 Å². The minimum Gasteiger partial charge on any atom is -0.350 e. The second-order valence-corrected chi connectivity index (χ2v) is 7.69. The van der Waals surface area contributed by atoms with E-state index in [1.165, 1.54) is 16.7 Å². The number of nitrogens with zero attached hydrogens (tertiary/aromatic N) is 1. The molecule has 2 amide bonds. The van der Waals surface area contributed by atoms with Gasteiger partial charge in [0.15, 0.2) is 0 Å². The maximum atomic E-state index is 12.5. The van der Waals surface area contributed by atoms with Crippen molar-refractivity contribution < 1.29 is 9.59 Å². The molecule has 2 aromatic rings. The van der Waals surface area contributed by atoms with Crippen LogP contribution in [0.25, 0.3) is 6.08 Å². The Bertz CT molecular complexity index is 867. The molecule has 0 spiro atoms. The van der Waals surface area contributed by atoms with Crippen LogP contribution in [-0.4, -0.2) is 27.6 Å². The monoisotopic (exact) mass is 402 g/mol. The van der Waals surface area contributed by atoms with Crippen LogP contribution in [0.5, 0.6) is 0 Å². The molecule has 2 aromatic carbocycles. The fourth-order valence-corrected chi connectivity index (χ4v) is 3.72. The van der Waals surface area contributed by atoms with E-state index in [1.807, 2.05) is 42.5 Å². The first kappa shape index (κ1) is 18.6. The molecule has 1 aliphatic rings. The number of rotatable bonds is 5. The van der Waals surface area contributed by atoms with E-state index >= 15 is 0 Å². The molecule has 0 saturated carbocycles. The van der Waals surface area contributed by atoms with Crippen LogP contribution in [0.4, 0.5) is 0 Å². The van der Waals surface area contributed by atoms with Crippen molar-refractivity contribution in [1.82, 2.24) is 10.2 Å². The number of thiocarbonyl (C=S) groups is 1. The number of carbonyl (C=O) groups excluding carboxylic acids is 2. The van der Waals surface area contributed by atoms with Crippen molar-refractivity contribution in [1.29, 1.82) is 0 Å². The van der Waals surface area contributed by atoms with Crippen LogP contribution in [0.15, 0.2) is 59.5 Å². The largest absolute Gasteiger partial charge is 0.350 e. The summed E-state index contributed by atoms with van der Waals surface area (Å²) < 4.78 is 0.380. The van der Waals surface area contributed by atoms with E-state index in [9.17, 15) is 9.59 Å². The first-order chi connectivity index (χ1) is 12.5. The van der Waals surface area contributed by atoms with Gasteiger partial charge in [0.05, 0.1) is 4.91 Å². The van der Waals surface area contributed by atoms with Gasteiger partial charge in [-0.2, -0.15) is 0 Å². The molecule has 0 radical (unpaired) electrons. The number of amides is 2. The zero-order valence-corrected chi connectivity index (χ0v) is 16.0. The zero-order valence-electron chi connectivity index (χ0n) is 13.6. The van der Waals surface area contributed by atoms with Gasteiger partial charge in [-0.25, -0.2) is 0 Å². The summed E-state index contributed by atoms with van der Waals surface area (Å²) in [6, 6.07) is 16.7. The zero-order chi connectivity index (χ0) is 18.5. The Morgan fingerprint density at radius 2 is 1.85 bits per heavy atom. The van der Waals surface area contributed by atoms with Crippen molar-refractivity contribution >= 4 is 57.8 Å². The van der Waals surface area contributed by atoms with Gasteiger partial charge in [-0.1, -0.05) is 78.0 Å². The summed E-state index contributed by atoms with van der Waals surface area (Å²) in [5.74, 6) is -0.511. The van der Waals surface area contributed by atoms with Crippen molar-refractivity contribution in [2.45, 2.75) is 6.54 Å². The average molecular weight is 403 g/mol. The van der Waals surface area contributed by atoms with Gasteiger partial charge >= 0.3 is 0 Å². The molecule has 132 valence electrons. The van der Waals surface area contributed by atoms with Crippen molar-refractivity contribution in [2.75, 3.05) is 6.54 Å². The third kappa shape index (κ3) is 4.72. The van der Waals surface area contributed by atoms with Gasteiger partial charge in [0, 0.05) is 11.6 Å². The minimum atomic E-state index is -0.259. The second-order valence-electron chi connectivity index (χ2n) is 5.58. The molecule has 1 aliphatic heterocycles. The van der Waals surface area contributed by atoms with Gasteiger partial charge in [0.25, 0.3) is 5.91 Å². The van der Waals surface area contributed by atoms with Crippen molar-refractivity contribution in [3.8, 4) is 0 Å². The quantitative estimate of drug-likeness (QED) is 0.609. The summed E-state index contributed by atoms with van der Waals surface area (Å²) in [6.45, 7) is 0.324. The third-order valence-corrected chi connectivity index (χ3v) is 5.31. The van der Waals surface area contributed by atoms with E-state index < -0.39 is 0 Å². The Labute approximate surface area is 166 Å². The average Bonchev–Trinajstić information content (AvgIpc) is 2.90. The minimum absolute atomic E-state index is 0.0878. The predicted molar refractivity (Wildman–Crippen MR) is 110 cm³/mol. The van der Waals surface area contributed by atoms with E-state index in [-0.39, 0.29) is 18.4 Å². The lowest BCUT2D eigenvalue weighted by molar-refractivity contribution is -0.128. The molecular weight excluding hydrogens is 388 g/mol. The molecule has 1 saturated heterocycles. The van der Waals surface area contributed by atoms with Crippen LogP contribution >= 0.6 is 35.6 Å².